The number of carbonyl (C=O) groups excluding carboxylic acids is 1. The summed E-state index contributed by atoms with van der Waals surface area (Å²) < 4.78 is 4.95. The highest BCUT2D eigenvalue weighted by Crippen LogP contribution is 2.18. The summed E-state index contributed by atoms with van der Waals surface area (Å²) in [6, 6.07) is 14.6. The van der Waals surface area contributed by atoms with E-state index in [4.69, 9.17) is 4.74 Å². The van der Waals surface area contributed by atoms with Crippen LogP contribution in [0.15, 0.2) is 42.5 Å². The highest BCUT2D eigenvalue weighted by Gasteiger charge is 2.13. The van der Waals surface area contributed by atoms with Crippen molar-refractivity contribution < 1.29 is 9.53 Å². The van der Waals surface area contributed by atoms with E-state index in [1.165, 1.54) is 16.9 Å². The van der Waals surface area contributed by atoms with Crippen LogP contribution in [0.25, 0.3) is 11.0 Å². The van der Waals surface area contributed by atoms with Crippen molar-refractivity contribution in [2.45, 2.75) is 39.0 Å². The number of unbranched alkanes of at least 4 members (excludes halogenated alkanes) is 1. The zero-order valence-corrected chi connectivity index (χ0v) is 17.6. The molecular weight excluding hydrogens is 398 g/mol. The van der Waals surface area contributed by atoms with Gasteiger partial charge in [-0.15, -0.1) is 15.3 Å². The maximum absolute atomic E-state index is 11.7. The van der Waals surface area contributed by atoms with Crippen molar-refractivity contribution in [3.8, 4) is 0 Å². The van der Waals surface area contributed by atoms with Gasteiger partial charge in [0.15, 0.2) is 5.65 Å². The SMILES string of the molecule is CCOC(=O)c1nnc(CCCCc2cc3cc(Cc4ccccc4)[nH]c3nn2)s1. The minimum absolute atomic E-state index is 0.321. The number of hydrogen-bond donors (Lipinski definition) is 1. The molecule has 0 amide bonds. The number of nitrogens with one attached hydrogen (secondary N) is 1. The Morgan fingerprint density at radius 2 is 1.87 bits per heavy atom. The number of aromatic nitrogens is 5. The lowest BCUT2D eigenvalue weighted by Gasteiger charge is -1.99. The molecule has 4 rings (SSSR count). The third kappa shape index (κ3) is 5.07. The first-order chi connectivity index (χ1) is 14.7. The Hall–Kier alpha value is -3.13. The first kappa shape index (κ1) is 20.2. The van der Waals surface area contributed by atoms with Crippen LogP contribution in [0.1, 0.15) is 51.5 Å². The molecule has 7 nitrogen and oxygen atoms in total. The summed E-state index contributed by atoms with van der Waals surface area (Å²) in [6.45, 7) is 2.12. The number of nitrogens with zero attached hydrogens (tertiary/aromatic N) is 4. The number of ether oxygens (including phenoxy) is 1. The van der Waals surface area contributed by atoms with Gasteiger partial charge >= 0.3 is 5.97 Å². The van der Waals surface area contributed by atoms with E-state index in [1.54, 1.807) is 6.92 Å². The van der Waals surface area contributed by atoms with Gasteiger partial charge in [0.25, 0.3) is 0 Å². The maximum Gasteiger partial charge on any atom is 0.369 e. The average Bonchev–Trinajstić information content (AvgIpc) is 3.38. The van der Waals surface area contributed by atoms with E-state index in [-0.39, 0.29) is 0 Å². The lowest BCUT2D eigenvalue weighted by molar-refractivity contribution is 0.0525. The summed E-state index contributed by atoms with van der Waals surface area (Å²) in [6.07, 6.45) is 4.41. The van der Waals surface area contributed by atoms with Gasteiger partial charge in [0.1, 0.15) is 5.01 Å². The number of H-pyrrole nitrogens is 1. The molecule has 8 heteroatoms. The molecule has 0 bridgehead atoms. The molecule has 0 spiro atoms. The standard InChI is InChI=1S/C22H23N5O2S/c1-2-29-22(28)21-27-25-19(30-21)11-7-6-10-17-13-16-14-18(23-20(16)26-24-17)12-15-8-4-3-5-9-15/h3-5,8-9,13-14H,2,6-7,10-12H2,1H3,(H,23,26). The second kappa shape index (κ2) is 9.58. The number of fused-ring (bicyclic) bond motifs is 1. The van der Waals surface area contributed by atoms with Crippen LogP contribution in [0.4, 0.5) is 0 Å². The fourth-order valence-electron chi connectivity index (χ4n) is 3.28. The fraction of sp³-hybridized carbons (Fsp3) is 0.318. The van der Waals surface area contributed by atoms with Gasteiger partial charge < -0.3 is 9.72 Å². The number of carbonyl (C=O) groups is 1. The maximum atomic E-state index is 11.7. The van der Waals surface area contributed by atoms with Gasteiger partial charge in [-0.3, -0.25) is 0 Å². The molecule has 1 aromatic carbocycles. The molecule has 0 atom stereocenters. The van der Waals surface area contributed by atoms with Crippen LogP contribution in [0.2, 0.25) is 0 Å². The number of benzene rings is 1. The number of aromatic amines is 1. The Bertz CT molecular complexity index is 1120. The molecule has 3 heterocycles. The lowest BCUT2D eigenvalue weighted by atomic mass is 10.1. The Morgan fingerprint density at radius 3 is 2.70 bits per heavy atom. The predicted octanol–water partition coefficient (Wildman–Crippen LogP) is 4.14. The van der Waals surface area contributed by atoms with Crippen molar-refractivity contribution in [1.82, 2.24) is 25.4 Å². The summed E-state index contributed by atoms with van der Waals surface area (Å²) in [5.74, 6) is -0.400. The predicted molar refractivity (Wildman–Crippen MR) is 116 cm³/mol. The number of hydrogen-bond acceptors (Lipinski definition) is 7. The van der Waals surface area contributed by atoms with Crippen LogP contribution in [0.3, 0.4) is 0 Å². The van der Waals surface area contributed by atoms with E-state index in [2.05, 4.69) is 61.8 Å². The van der Waals surface area contributed by atoms with Crippen molar-refractivity contribution in [2.24, 2.45) is 0 Å². The summed E-state index contributed by atoms with van der Waals surface area (Å²) in [4.78, 5) is 15.0. The molecule has 0 radical (unpaired) electrons. The zero-order valence-electron chi connectivity index (χ0n) is 16.8. The highest BCUT2D eigenvalue weighted by atomic mass is 32.1. The van der Waals surface area contributed by atoms with Crippen molar-refractivity contribution in [3.63, 3.8) is 0 Å². The minimum atomic E-state index is -0.400. The van der Waals surface area contributed by atoms with Gasteiger partial charge in [0.05, 0.1) is 12.3 Å². The first-order valence-electron chi connectivity index (χ1n) is 10.1. The first-order valence-corrected chi connectivity index (χ1v) is 10.9. The quantitative estimate of drug-likeness (QED) is 0.322. The molecule has 30 heavy (non-hydrogen) atoms. The summed E-state index contributed by atoms with van der Waals surface area (Å²) in [5.41, 5.74) is 4.21. The lowest BCUT2D eigenvalue weighted by Crippen LogP contribution is -2.03. The largest absolute Gasteiger partial charge is 0.461 e. The summed E-state index contributed by atoms with van der Waals surface area (Å²) in [7, 11) is 0. The van der Waals surface area contributed by atoms with Crippen LogP contribution in [-0.2, 0) is 24.0 Å². The molecule has 0 aliphatic heterocycles. The molecule has 0 saturated heterocycles. The summed E-state index contributed by atoms with van der Waals surface area (Å²) in [5, 5.41) is 18.9. The molecule has 0 fully saturated rings. The Balaban J connectivity index is 1.29. The molecule has 1 N–H and O–H groups in total. The van der Waals surface area contributed by atoms with Crippen LogP contribution in [-0.4, -0.2) is 38.0 Å². The molecule has 0 aliphatic rings. The second-order valence-electron chi connectivity index (χ2n) is 7.03. The van der Waals surface area contributed by atoms with Crippen LogP contribution in [0, 0.1) is 0 Å². The van der Waals surface area contributed by atoms with E-state index in [9.17, 15) is 4.79 Å². The van der Waals surface area contributed by atoms with Gasteiger partial charge in [0, 0.05) is 23.9 Å². The molecule has 3 aromatic heterocycles. The average molecular weight is 422 g/mol. The van der Waals surface area contributed by atoms with E-state index in [0.29, 0.717) is 11.6 Å². The smallest absolute Gasteiger partial charge is 0.369 e. The van der Waals surface area contributed by atoms with Crippen LogP contribution < -0.4 is 0 Å². The van der Waals surface area contributed by atoms with Gasteiger partial charge in [-0.05, 0) is 43.9 Å². The molecular formula is C22H23N5O2S. The van der Waals surface area contributed by atoms with Crippen molar-refractivity contribution in [3.05, 3.63) is 69.4 Å². The van der Waals surface area contributed by atoms with Crippen LogP contribution in [0.5, 0.6) is 0 Å². The topological polar surface area (TPSA) is 93.7 Å². The molecule has 0 aliphatic carbocycles. The Morgan fingerprint density at radius 1 is 1.03 bits per heavy atom. The minimum Gasteiger partial charge on any atom is -0.461 e. The van der Waals surface area contributed by atoms with Gasteiger partial charge in [0.2, 0.25) is 5.01 Å². The molecule has 0 unspecified atom stereocenters. The zero-order chi connectivity index (χ0) is 20.8. The molecule has 154 valence electrons. The fourth-order valence-corrected chi connectivity index (χ4v) is 4.05. The van der Waals surface area contributed by atoms with Gasteiger partial charge in [-0.1, -0.05) is 41.7 Å². The summed E-state index contributed by atoms with van der Waals surface area (Å²) >= 11 is 1.30. The number of aryl methyl sites for hydroxylation is 2. The van der Waals surface area contributed by atoms with E-state index in [0.717, 1.165) is 59.5 Å². The molecule has 0 saturated carbocycles. The monoisotopic (exact) mass is 421 g/mol. The molecule has 4 aromatic rings. The van der Waals surface area contributed by atoms with E-state index < -0.39 is 5.97 Å². The van der Waals surface area contributed by atoms with Gasteiger partial charge in [-0.25, -0.2) is 4.79 Å². The number of esters is 1. The van der Waals surface area contributed by atoms with Crippen molar-refractivity contribution in [2.75, 3.05) is 6.61 Å². The van der Waals surface area contributed by atoms with E-state index in [1.807, 2.05) is 6.07 Å². The van der Waals surface area contributed by atoms with Gasteiger partial charge in [-0.2, -0.15) is 5.10 Å². The highest BCUT2D eigenvalue weighted by molar-refractivity contribution is 7.13. The normalized spacial score (nSPS) is 11.1. The van der Waals surface area contributed by atoms with E-state index >= 15 is 0 Å². The van der Waals surface area contributed by atoms with Crippen LogP contribution >= 0.6 is 11.3 Å². The Labute approximate surface area is 178 Å². The third-order valence-corrected chi connectivity index (χ3v) is 5.67. The Kier molecular flexibility index (Phi) is 6.44. The second-order valence-corrected chi connectivity index (χ2v) is 8.09. The third-order valence-electron chi connectivity index (χ3n) is 4.71. The van der Waals surface area contributed by atoms with Crippen molar-refractivity contribution in [1.29, 1.82) is 0 Å². The number of rotatable bonds is 9. The van der Waals surface area contributed by atoms with Crippen molar-refractivity contribution >= 4 is 28.3 Å².